The first-order valence-corrected chi connectivity index (χ1v) is 35.4. The largest absolute Gasteiger partial charge is 0.397 e. The zero-order chi connectivity index (χ0) is 57.5. The number of rotatable bonds is 61. The van der Waals surface area contributed by atoms with Gasteiger partial charge >= 0.3 is 10.4 Å². The maximum absolute atomic E-state index is 13.2. The Balaban J connectivity index is 2.27. The van der Waals surface area contributed by atoms with Crippen molar-refractivity contribution in [1.82, 2.24) is 5.32 Å². The van der Waals surface area contributed by atoms with Crippen LogP contribution in [0.15, 0.2) is 12.2 Å². The third kappa shape index (κ3) is 47.8. The van der Waals surface area contributed by atoms with Crippen molar-refractivity contribution < 1.29 is 51.8 Å². The van der Waals surface area contributed by atoms with Crippen LogP contribution in [0.25, 0.3) is 0 Å². The van der Waals surface area contributed by atoms with Crippen molar-refractivity contribution in [3.8, 4) is 0 Å². The van der Waals surface area contributed by atoms with Gasteiger partial charge in [0.1, 0.15) is 24.4 Å². The van der Waals surface area contributed by atoms with E-state index in [1.807, 2.05) is 6.08 Å². The summed E-state index contributed by atoms with van der Waals surface area (Å²) in [4.78, 5) is 13.2. The molecule has 0 aliphatic carbocycles. The molecule has 79 heavy (non-hydrogen) atoms. The van der Waals surface area contributed by atoms with Gasteiger partial charge < -0.3 is 35.2 Å². The fourth-order valence-corrected chi connectivity index (χ4v) is 11.9. The minimum Gasteiger partial charge on any atom is -0.394 e. The topological polar surface area (TPSA) is 192 Å². The van der Waals surface area contributed by atoms with Crippen LogP contribution in [0.4, 0.5) is 0 Å². The number of ether oxygens (including phenoxy) is 2. The number of aliphatic hydroxyl groups is 4. The highest BCUT2D eigenvalue weighted by molar-refractivity contribution is 7.80. The standard InChI is InChI=1S/C66H129NO11S/c1-3-5-7-9-11-13-15-17-19-21-23-25-27-29-30-32-34-36-38-40-42-44-46-48-50-52-54-56-62(70)67-59(58-76-66-64(72)65(78-79(73,74)75)63(71)61(57-68)77-66)60(69)55-53-51-49-47-45-43-41-39-37-35-33-31-28-26-24-22-20-18-16-14-12-10-8-6-4-2/h53,55,59-61,63-66,68-69,71-72H,3-52,54,56-58H2,1-2H3,(H,67,70)(H,73,74,75)/b55-53+. The van der Waals surface area contributed by atoms with Gasteiger partial charge in [-0.1, -0.05) is 334 Å². The van der Waals surface area contributed by atoms with Gasteiger partial charge in [0.05, 0.1) is 25.4 Å². The van der Waals surface area contributed by atoms with Gasteiger partial charge in [0, 0.05) is 6.42 Å². The molecule has 1 aliphatic rings. The Morgan fingerprint density at radius 1 is 0.494 bits per heavy atom. The Morgan fingerprint density at radius 2 is 0.797 bits per heavy atom. The van der Waals surface area contributed by atoms with E-state index in [9.17, 15) is 38.2 Å². The Morgan fingerprint density at radius 3 is 1.10 bits per heavy atom. The second-order valence-electron chi connectivity index (χ2n) is 24.1. The fraction of sp³-hybridized carbons (Fsp3) is 0.955. The van der Waals surface area contributed by atoms with Gasteiger partial charge in [-0.05, 0) is 19.3 Å². The second-order valence-corrected chi connectivity index (χ2v) is 25.2. The lowest BCUT2D eigenvalue weighted by Crippen LogP contribution is -2.61. The molecular weight excluding hydrogens is 1010 g/mol. The molecule has 470 valence electrons. The minimum atomic E-state index is -5.09. The van der Waals surface area contributed by atoms with Crippen LogP contribution in [0, 0.1) is 0 Å². The van der Waals surface area contributed by atoms with Crippen molar-refractivity contribution in [1.29, 1.82) is 0 Å². The maximum Gasteiger partial charge on any atom is 0.397 e. The molecule has 0 aromatic heterocycles. The Labute approximate surface area is 487 Å². The van der Waals surface area contributed by atoms with Crippen LogP contribution >= 0.6 is 0 Å². The molecule has 7 unspecified atom stereocenters. The van der Waals surface area contributed by atoms with Gasteiger partial charge in [0.25, 0.3) is 0 Å². The van der Waals surface area contributed by atoms with E-state index >= 15 is 0 Å². The molecule has 1 saturated heterocycles. The van der Waals surface area contributed by atoms with Gasteiger partial charge in [0.2, 0.25) is 5.91 Å². The zero-order valence-electron chi connectivity index (χ0n) is 51.5. The molecule has 1 aliphatic heterocycles. The van der Waals surface area contributed by atoms with E-state index in [1.54, 1.807) is 6.08 Å². The highest BCUT2D eigenvalue weighted by Gasteiger charge is 2.48. The average Bonchev–Trinajstić information content (AvgIpc) is 3.44. The van der Waals surface area contributed by atoms with E-state index in [1.165, 1.54) is 283 Å². The van der Waals surface area contributed by atoms with E-state index in [4.69, 9.17) is 9.47 Å². The molecule has 1 fully saturated rings. The summed E-state index contributed by atoms with van der Waals surface area (Å²) in [5, 5.41) is 45.2. The molecule has 0 aromatic rings. The monoisotopic (exact) mass is 1140 g/mol. The number of hydrogen-bond acceptors (Lipinski definition) is 10. The molecule has 6 N–H and O–H groups in total. The summed E-state index contributed by atoms with van der Waals surface area (Å²) in [6.45, 7) is 3.47. The smallest absolute Gasteiger partial charge is 0.394 e. The van der Waals surface area contributed by atoms with E-state index in [2.05, 4.69) is 23.3 Å². The number of nitrogens with one attached hydrogen (secondary N) is 1. The zero-order valence-corrected chi connectivity index (χ0v) is 52.3. The van der Waals surface area contributed by atoms with Gasteiger partial charge in [-0.2, -0.15) is 8.42 Å². The molecule has 0 aromatic carbocycles. The van der Waals surface area contributed by atoms with Crippen molar-refractivity contribution in [2.24, 2.45) is 0 Å². The Bertz CT molecular complexity index is 1440. The Hall–Kier alpha value is -1.16. The van der Waals surface area contributed by atoms with Crippen molar-refractivity contribution in [2.45, 2.75) is 391 Å². The van der Waals surface area contributed by atoms with Crippen LogP contribution in [0.2, 0.25) is 0 Å². The number of aliphatic hydroxyl groups excluding tert-OH is 4. The van der Waals surface area contributed by atoms with Crippen molar-refractivity contribution in [2.75, 3.05) is 13.2 Å². The average molecular weight is 1140 g/mol. The highest BCUT2D eigenvalue weighted by Crippen LogP contribution is 2.26. The van der Waals surface area contributed by atoms with Crippen molar-refractivity contribution in [3.05, 3.63) is 12.2 Å². The predicted octanol–water partition coefficient (Wildman–Crippen LogP) is 17.4. The molecular formula is C66H129NO11S. The quantitative estimate of drug-likeness (QED) is 0.0193. The van der Waals surface area contributed by atoms with Crippen LogP contribution in [-0.2, 0) is 28.9 Å². The summed E-state index contributed by atoms with van der Waals surface area (Å²) < 4.78 is 48.0. The SMILES string of the molecule is CCCCCCCCCCCCCCCCCCCCCCCCC/C=C/C(O)C(COC1OC(CO)C(O)C(OS(=O)(=O)O)C1O)NC(=O)CCCCCCCCCCCCCCCCCCCCCCCCCCCCC. The Kier molecular flexibility index (Phi) is 53.8. The summed E-state index contributed by atoms with van der Waals surface area (Å²) in [6.07, 6.45) is 61.4. The first kappa shape index (κ1) is 75.9. The van der Waals surface area contributed by atoms with E-state index < -0.39 is 59.9 Å². The number of allylic oxidation sites excluding steroid dienone is 1. The number of amides is 1. The number of hydrogen-bond donors (Lipinski definition) is 6. The lowest BCUT2D eigenvalue weighted by molar-refractivity contribution is -0.298. The minimum absolute atomic E-state index is 0.253. The van der Waals surface area contributed by atoms with Crippen molar-refractivity contribution >= 4 is 16.3 Å². The van der Waals surface area contributed by atoms with Crippen LogP contribution in [-0.4, -0.2) is 95.4 Å². The van der Waals surface area contributed by atoms with E-state index in [0.29, 0.717) is 6.42 Å². The van der Waals surface area contributed by atoms with E-state index in [0.717, 1.165) is 38.5 Å². The normalized spacial score (nSPS) is 18.7. The summed E-state index contributed by atoms with van der Waals surface area (Å²) in [7, 11) is -5.09. The predicted molar refractivity (Wildman–Crippen MR) is 329 cm³/mol. The van der Waals surface area contributed by atoms with E-state index in [-0.39, 0.29) is 18.9 Å². The molecule has 0 bridgehead atoms. The highest BCUT2D eigenvalue weighted by atomic mass is 32.3. The van der Waals surface area contributed by atoms with Crippen molar-refractivity contribution in [3.63, 3.8) is 0 Å². The molecule has 1 rings (SSSR count). The van der Waals surface area contributed by atoms with Crippen LogP contribution in [0.1, 0.15) is 348 Å². The molecule has 0 spiro atoms. The third-order valence-corrected chi connectivity index (χ3v) is 17.0. The number of unbranched alkanes of at least 4 members (excludes halogenated alkanes) is 49. The van der Waals surface area contributed by atoms with Gasteiger partial charge in [0.15, 0.2) is 6.29 Å². The summed E-state index contributed by atoms with van der Waals surface area (Å²) >= 11 is 0. The number of carbonyl (C=O) groups excluding carboxylic acids is 1. The maximum atomic E-state index is 13.2. The van der Waals surface area contributed by atoms with Crippen LogP contribution < -0.4 is 5.32 Å². The third-order valence-electron chi connectivity index (χ3n) is 16.6. The molecule has 12 nitrogen and oxygen atoms in total. The fourth-order valence-electron chi connectivity index (χ4n) is 11.3. The second kappa shape index (κ2) is 56.0. The molecule has 7 atom stereocenters. The first-order valence-electron chi connectivity index (χ1n) is 34.1. The lowest BCUT2D eigenvalue weighted by atomic mass is 9.99. The molecule has 0 saturated carbocycles. The van der Waals surface area contributed by atoms with Gasteiger partial charge in [-0.3, -0.25) is 9.35 Å². The summed E-state index contributed by atoms with van der Waals surface area (Å²) in [5.41, 5.74) is 0. The summed E-state index contributed by atoms with van der Waals surface area (Å²) in [6, 6.07) is -0.941. The van der Waals surface area contributed by atoms with Crippen LogP contribution in [0.3, 0.4) is 0 Å². The molecule has 13 heteroatoms. The summed E-state index contributed by atoms with van der Waals surface area (Å²) in [5.74, 6) is -0.253. The van der Waals surface area contributed by atoms with Gasteiger partial charge in [-0.15, -0.1) is 0 Å². The number of carbonyl (C=O) groups is 1. The first-order chi connectivity index (χ1) is 38.5. The molecule has 1 amide bonds. The van der Waals surface area contributed by atoms with Crippen LogP contribution in [0.5, 0.6) is 0 Å². The molecule has 0 radical (unpaired) electrons. The molecule has 1 heterocycles. The van der Waals surface area contributed by atoms with Gasteiger partial charge in [-0.25, -0.2) is 4.18 Å². The lowest BCUT2D eigenvalue weighted by Gasteiger charge is -2.41.